The highest BCUT2D eigenvalue weighted by Crippen LogP contribution is 2.41. The summed E-state index contributed by atoms with van der Waals surface area (Å²) < 4.78 is 13.1. The molecule has 7 heteroatoms. The molecule has 4 rings (SSSR count). The van der Waals surface area contributed by atoms with E-state index in [1.54, 1.807) is 0 Å². The number of benzene rings is 2. The highest BCUT2D eigenvalue weighted by molar-refractivity contribution is 5.97. The van der Waals surface area contributed by atoms with Gasteiger partial charge in [-0.2, -0.15) is 5.26 Å². The minimum absolute atomic E-state index is 0.0577. The lowest BCUT2D eigenvalue weighted by atomic mass is 10.1. The number of nitriles is 1. The molecule has 3 aromatic rings. The number of aromatic nitrogens is 1. The molecule has 0 aliphatic carbocycles. The number of amides is 2. The molecule has 0 radical (unpaired) electrons. The summed E-state index contributed by atoms with van der Waals surface area (Å²) in [7, 11) is 0. The number of anilines is 1. The van der Waals surface area contributed by atoms with Crippen LogP contribution in [0.25, 0.3) is 22.2 Å². The standard InChI is InChI=1S/C22H22N4O3/c1-4-26-18-10-20-19(28-12-29-20)9-16(18)17(11-23)21(26)14-5-7-15(8-6-14)25-22(27)24-13(2)3/h5-10,13H,4,12H2,1-3H3,(H2,24,25,27). The number of carbonyl (C=O) groups is 1. The van der Waals surface area contributed by atoms with Crippen molar-refractivity contribution in [2.45, 2.75) is 33.4 Å². The van der Waals surface area contributed by atoms with Crippen LogP contribution in [0.4, 0.5) is 10.5 Å². The molecule has 1 aliphatic heterocycles. The number of fused-ring (bicyclic) bond motifs is 2. The van der Waals surface area contributed by atoms with Crippen molar-refractivity contribution < 1.29 is 14.3 Å². The quantitative estimate of drug-likeness (QED) is 0.688. The summed E-state index contributed by atoms with van der Waals surface area (Å²) in [5.41, 5.74) is 3.95. The summed E-state index contributed by atoms with van der Waals surface area (Å²) in [6, 6.07) is 13.5. The summed E-state index contributed by atoms with van der Waals surface area (Å²) in [4.78, 5) is 11.9. The van der Waals surface area contributed by atoms with Crippen LogP contribution in [-0.2, 0) is 6.54 Å². The zero-order valence-corrected chi connectivity index (χ0v) is 16.6. The molecular formula is C22H22N4O3. The van der Waals surface area contributed by atoms with Crippen molar-refractivity contribution in [2.24, 2.45) is 0 Å². The lowest BCUT2D eigenvalue weighted by Gasteiger charge is -2.12. The van der Waals surface area contributed by atoms with Crippen molar-refractivity contribution >= 4 is 22.6 Å². The second-order valence-electron chi connectivity index (χ2n) is 7.13. The van der Waals surface area contributed by atoms with E-state index in [9.17, 15) is 10.1 Å². The van der Waals surface area contributed by atoms with Gasteiger partial charge in [-0.05, 0) is 44.5 Å². The average molecular weight is 390 g/mol. The van der Waals surface area contributed by atoms with Gasteiger partial charge in [-0.3, -0.25) is 0 Å². The molecule has 0 spiro atoms. The van der Waals surface area contributed by atoms with Crippen LogP contribution in [-0.4, -0.2) is 23.4 Å². The van der Waals surface area contributed by atoms with Gasteiger partial charge in [0.05, 0.1) is 16.8 Å². The molecule has 1 aromatic heterocycles. The Morgan fingerprint density at radius 3 is 2.52 bits per heavy atom. The lowest BCUT2D eigenvalue weighted by Crippen LogP contribution is -2.34. The van der Waals surface area contributed by atoms with E-state index in [0.29, 0.717) is 29.3 Å². The second-order valence-corrected chi connectivity index (χ2v) is 7.13. The fourth-order valence-electron chi connectivity index (χ4n) is 3.62. The molecule has 0 bridgehead atoms. The normalized spacial score (nSPS) is 12.2. The van der Waals surface area contributed by atoms with Crippen molar-refractivity contribution in [1.29, 1.82) is 5.26 Å². The molecular weight excluding hydrogens is 368 g/mol. The number of hydrogen-bond acceptors (Lipinski definition) is 4. The van der Waals surface area contributed by atoms with Crippen LogP contribution >= 0.6 is 0 Å². The zero-order valence-electron chi connectivity index (χ0n) is 16.6. The molecule has 0 saturated carbocycles. The zero-order chi connectivity index (χ0) is 20.5. The van der Waals surface area contributed by atoms with E-state index >= 15 is 0 Å². The molecule has 1 aliphatic rings. The first-order chi connectivity index (χ1) is 14.0. The number of carbonyl (C=O) groups excluding carboxylic acids is 1. The molecule has 29 heavy (non-hydrogen) atoms. The Labute approximate surface area is 168 Å². The fourth-order valence-corrected chi connectivity index (χ4v) is 3.62. The van der Waals surface area contributed by atoms with E-state index in [0.717, 1.165) is 22.2 Å². The van der Waals surface area contributed by atoms with Crippen molar-refractivity contribution in [2.75, 3.05) is 12.1 Å². The van der Waals surface area contributed by atoms with E-state index < -0.39 is 0 Å². The van der Waals surface area contributed by atoms with E-state index in [2.05, 4.69) is 21.3 Å². The van der Waals surface area contributed by atoms with Crippen molar-refractivity contribution in [3.8, 4) is 28.8 Å². The second kappa shape index (κ2) is 7.40. The first-order valence-corrected chi connectivity index (χ1v) is 9.55. The summed E-state index contributed by atoms with van der Waals surface area (Å²) >= 11 is 0. The van der Waals surface area contributed by atoms with Crippen LogP contribution in [0.15, 0.2) is 36.4 Å². The third-order valence-corrected chi connectivity index (χ3v) is 4.82. The Bertz CT molecular complexity index is 1120. The Balaban J connectivity index is 1.76. The van der Waals surface area contributed by atoms with Gasteiger partial charge in [-0.25, -0.2) is 4.79 Å². The van der Waals surface area contributed by atoms with E-state index in [1.165, 1.54) is 0 Å². The molecule has 0 saturated heterocycles. The Hall–Kier alpha value is -3.66. The van der Waals surface area contributed by atoms with Crippen LogP contribution < -0.4 is 20.1 Å². The summed E-state index contributed by atoms with van der Waals surface area (Å²) in [5, 5.41) is 16.3. The Morgan fingerprint density at radius 2 is 1.90 bits per heavy atom. The smallest absolute Gasteiger partial charge is 0.319 e. The van der Waals surface area contributed by atoms with Crippen molar-refractivity contribution in [3.63, 3.8) is 0 Å². The summed E-state index contributed by atoms with van der Waals surface area (Å²) in [6.45, 7) is 6.75. The molecule has 0 unspecified atom stereocenters. The number of hydrogen-bond donors (Lipinski definition) is 2. The minimum atomic E-state index is -0.248. The van der Waals surface area contributed by atoms with Gasteiger partial charge in [0.1, 0.15) is 6.07 Å². The molecule has 2 amide bonds. The van der Waals surface area contributed by atoms with Gasteiger partial charge in [0.25, 0.3) is 0 Å². The predicted octanol–water partition coefficient (Wildman–Crippen LogP) is 4.46. The van der Waals surface area contributed by atoms with E-state index in [-0.39, 0.29) is 18.9 Å². The monoisotopic (exact) mass is 390 g/mol. The highest BCUT2D eigenvalue weighted by Gasteiger charge is 2.23. The average Bonchev–Trinajstić information content (AvgIpc) is 3.27. The number of urea groups is 1. The number of ether oxygens (including phenoxy) is 2. The van der Waals surface area contributed by atoms with Gasteiger partial charge in [0.2, 0.25) is 6.79 Å². The van der Waals surface area contributed by atoms with Gasteiger partial charge in [0.15, 0.2) is 11.5 Å². The first kappa shape index (κ1) is 18.7. The summed E-state index contributed by atoms with van der Waals surface area (Å²) in [5.74, 6) is 1.35. The number of rotatable bonds is 4. The lowest BCUT2D eigenvalue weighted by molar-refractivity contribution is 0.174. The van der Waals surface area contributed by atoms with E-state index in [4.69, 9.17) is 9.47 Å². The van der Waals surface area contributed by atoms with Crippen LogP contribution in [0.5, 0.6) is 11.5 Å². The minimum Gasteiger partial charge on any atom is -0.454 e. The van der Waals surface area contributed by atoms with Crippen LogP contribution in [0.3, 0.4) is 0 Å². The predicted molar refractivity (Wildman–Crippen MR) is 111 cm³/mol. The molecule has 2 heterocycles. The molecule has 7 nitrogen and oxygen atoms in total. The van der Waals surface area contributed by atoms with Gasteiger partial charge >= 0.3 is 6.03 Å². The molecule has 0 atom stereocenters. The van der Waals surface area contributed by atoms with Gasteiger partial charge in [-0.1, -0.05) is 12.1 Å². The molecule has 2 aromatic carbocycles. The van der Waals surface area contributed by atoms with Crippen molar-refractivity contribution in [1.82, 2.24) is 9.88 Å². The summed E-state index contributed by atoms with van der Waals surface area (Å²) in [6.07, 6.45) is 0. The molecule has 2 N–H and O–H groups in total. The maximum absolute atomic E-state index is 11.9. The van der Waals surface area contributed by atoms with Gasteiger partial charge < -0.3 is 24.7 Å². The fraction of sp³-hybridized carbons (Fsp3) is 0.273. The van der Waals surface area contributed by atoms with Crippen molar-refractivity contribution in [3.05, 3.63) is 42.0 Å². The third-order valence-electron chi connectivity index (χ3n) is 4.82. The number of nitrogens with zero attached hydrogens (tertiary/aromatic N) is 2. The van der Waals surface area contributed by atoms with Gasteiger partial charge in [-0.15, -0.1) is 0 Å². The van der Waals surface area contributed by atoms with Crippen LogP contribution in [0.2, 0.25) is 0 Å². The maximum atomic E-state index is 11.9. The van der Waals surface area contributed by atoms with Crippen LogP contribution in [0.1, 0.15) is 26.3 Å². The van der Waals surface area contributed by atoms with Crippen LogP contribution in [0, 0.1) is 11.3 Å². The SMILES string of the molecule is CCn1c(-c2ccc(NC(=O)NC(C)C)cc2)c(C#N)c2cc3c(cc21)OCO3. The molecule has 148 valence electrons. The topological polar surface area (TPSA) is 88.3 Å². The molecule has 0 fully saturated rings. The van der Waals surface area contributed by atoms with E-state index in [1.807, 2.05) is 57.2 Å². The largest absolute Gasteiger partial charge is 0.454 e. The third kappa shape index (κ3) is 3.34. The highest BCUT2D eigenvalue weighted by atomic mass is 16.7. The number of aryl methyl sites for hydroxylation is 1. The van der Waals surface area contributed by atoms with Gasteiger partial charge in [0, 0.05) is 29.7 Å². The Morgan fingerprint density at radius 1 is 1.21 bits per heavy atom. The Kier molecular flexibility index (Phi) is 4.77. The number of nitrogens with one attached hydrogen (secondary N) is 2. The maximum Gasteiger partial charge on any atom is 0.319 e. The first-order valence-electron chi connectivity index (χ1n) is 9.55.